The molecule has 0 aromatic heterocycles. The first-order chi connectivity index (χ1) is 7.78. The number of hydrogen-bond acceptors (Lipinski definition) is 2. The molecule has 1 aromatic rings. The Kier molecular flexibility index (Phi) is 4.04. The lowest BCUT2D eigenvalue weighted by molar-refractivity contribution is -0.120. The molecule has 0 radical (unpaired) electrons. The molecule has 0 spiro atoms. The van der Waals surface area contributed by atoms with Crippen LogP contribution in [0.4, 0.5) is 14.5 Å². The zero-order valence-corrected chi connectivity index (χ0v) is 10.1. The van der Waals surface area contributed by atoms with Crippen molar-refractivity contribution < 1.29 is 13.6 Å². The van der Waals surface area contributed by atoms with Gasteiger partial charge in [-0.3, -0.25) is 4.79 Å². The number of carbonyl (C=O) groups excluding carboxylic acids is 1. The second-order valence-electron chi connectivity index (χ2n) is 4.78. The van der Waals surface area contributed by atoms with Gasteiger partial charge in [-0.1, -0.05) is 0 Å². The van der Waals surface area contributed by atoms with Crippen LogP contribution in [0.2, 0.25) is 0 Å². The van der Waals surface area contributed by atoms with E-state index >= 15 is 0 Å². The summed E-state index contributed by atoms with van der Waals surface area (Å²) >= 11 is 0. The summed E-state index contributed by atoms with van der Waals surface area (Å²) in [5, 5.41) is 5.46. The van der Waals surface area contributed by atoms with Gasteiger partial charge < -0.3 is 10.6 Å². The topological polar surface area (TPSA) is 41.1 Å². The molecule has 3 nitrogen and oxygen atoms in total. The third-order valence-electron chi connectivity index (χ3n) is 1.89. The fraction of sp³-hybridized carbons (Fsp3) is 0.417. The first-order valence-corrected chi connectivity index (χ1v) is 5.28. The van der Waals surface area contributed by atoms with Gasteiger partial charge in [-0.25, -0.2) is 8.78 Å². The highest BCUT2D eigenvalue weighted by atomic mass is 19.2. The number of benzene rings is 1. The molecule has 0 aliphatic heterocycles. The minimum Gasteiger partial charge on any atom is -0.376 e. The van der Waals surface area contributed by atoms with Gasteiger partial charge in [0.25, 0.3) is 0 Å². The fourth-order valence-corrected chi connectivity index (χ4v) is 1.25. The highest BCUT2D eigenvalue weighted by molar-refractivity contribution is 5.81. The van der Waals surface area contributed by atoms with E-state index in [0.29, 0.717) is 5.69 Å². The van der Waals surface area contributed by atoms with Gasteiger partial charge >= 0.3 is 0 Å². The van der Waals surface area contributed by atoms with Gasteiger partial charge in [0.1, 0.15) is 0 Å². The van der Waals surface area contributed by atoms with Crippen LogP contribution in [0.15, 0.2) is 18.2 Å². The van der Waals surface area contributed by atoms with E-state index in [1.165, 1.54) is 6.07 Å². The molecule has 0 aliphatic carbocycles. The van der Waals surface area contributed by atoms with Crippen LogP contribution in [0, 0.1) is 11.6 Å². The minimum absolute atomic E-state index is 0.0162. The molecule has 0 unspecified atom stereocenters. The smallest absolute Gasteiger partial charge is 0.239 e. The summed E-state index contributed by atoms with van der Waals surface area (Å²) in [6, 6.07) is 3.40. The number of rotatable bonds is 3. The van der Waals surface area contributed by atoms with Gasteiger partial charge in [0, 0.05) is 17.3 Å². The third kappa shape index (κ3) is 4.80. The zero-order chi connectivity index (χ0) is 13.1. The number of nitrogens with one attached hydrogen (secondary N) is 2. The average molecular weight is 242 g/mol. The van der Waals surface area contributed by atoms with Gasteiger partial charge in [-0.2, -0.15) is 0 Å². The lowest BCUT2D eigenvalue weighted by Crippen LogP contribution is -2.43. The molecule has 0 heterocycles. The van der Waals surface area contributed by atoms with Crippen molar-refractivity contribution >= 4 is 11.6 Å². The molecular weight excluding hydrogens is 226 g/mol. The van der Waals surface area contributed by atoms with Crippen molar-refractivity contribution in [3.63, 3.8) is 0 Å². The summed E-state index contributed by atoms with van der Waals surface area (Å²) in [7, 11) is 0. The van der Waals surface area contributed by atoms with E-state index in [2.05, 4.69) is 10.6 Å². The summed E-state index contributed by atoms with van der Waals surface area (Å²) in [6.07, 6.45) is 0. The molecule has 1 rings (SSSR count). The second kappa shape index (κ2) is 5.12. The normalized spacial score (nSPS) is 11.1. The standard InChI is InChI=1S/C12H16F2N2O/c1-12(2,3)16-11(17)7-15-8-4-5-9(13)10(14)6-8/h4-6,15H,7H2,1-3H3,(H,16,17). The number of halogens is 2. The fourth-order valence-electron chi connectivity index (χ4n) is 1.25. The highest BCUT2D eigenvalue weighted by Crippen LogP contribution is 2.12. The lowest BCUT2D eigenvalue weighted by atomic mass is 10.1. The molecule has 0 saturated heterocycles. The van der Waals surface area contributed by atoms with Crippen molar-refractivity contribution in [1.82, 2.24) is 5.32 Å². The Bertz CT molecular complexity index is 413. The van der Waals surface area contributed by atoms with Crippen molar-refractivity contribution in [2.24, 2.45) is 0 Å². The molecule has 5 heteroatoms. The van der Waals surface area contributed by atoms with E-state index in [9.17, 15) is 13.6 Å². The van der Waals surface area contributed by atoms with E-state index in [-0.39, 0.29) is 18.0 Å². The van der Waals surface area contributed by atoms with E-state index in [0.717, 1.165) is 12.1 Å². The van der Waals surface area contributed by atoms with Gasteiger partial charge in [0.2, 0.25) is 5.91 Å². The molecule has 1 amide bonds. The van der Waals surface area contributed by atoms with E-state index in [4.69, 9.17) is 0 Å². The summed E-state index contributed by atoms with van der Waals surface area (Å²) in [5.41, 5.74) is 0.0558. The van der Waals surface area contributed by atoms with Crippen LogP contribution in [-0.4, -0.2) is 18.0 Å². The van der Waals surface area contributed by atoms with Gasteiger partial charge in [-0.05, 0) is 32.9 Å². The molecule has 2 N–H and O–H groups in total. The lowest BCUT2D eigenvalue weighted by Gasteiger charge is -2.20. The van der Waals surface area contributed by atoms with Crippen LogP contribution in [0.1, 0.15) is 20.8 Å². The van der Waals surface area contributed by atoms with E-state index in [1.54, 1.807) is 0 Å². The Morgan fingerprint density at radius 2 is 1.88 bits per heavy atom. The van der Waals surface area contributed by atoms with Gasteiger partial charge in [-0.15, -0.1) is 0 Å². The molecule has 17 heavy (non-hydrogen) atoms. The van der Waals surface area contributed by atoms with E-state index < -0.39 is 11.6 Å². The second-order valence-corrected chi connectivity index (χ2v) is 4.78. The Hall–Kier alpha value is -1.65. The largest absolute Gasteiger partial charge is 0.376 e. The molecule has 1 aromatic carbocycles. The Balaban J connectivity index is 2.50. The van der Waals surface area contributed by atoms with Crippen molar-refractivity contribution in [3.05, 3.63) is 29.8 Å². The first-order valence-electron chi connectivity index (χ1n) is 5.28. The molecular formula is C12H16F2N2O. The number of hydrogen-bond donors (Lipinski definition) is 2. The Morgan fingerprint density at radius 1 is 1.24 bits per heavy atom. The summed E-state index contributed by atoms with van der Waals surface area (Å²) < 4.78 is 25.5. The van der Waals surface area contributed by atoms with Crippen LogP contribution >= 0.6 is 0 Å². The van der Waals surface area contributed by atoms with Crippen molar-refractivity contribution in [2.75, 3.05) is 11.9 Å². The minimum atomic E-state index is -0.939. The average Bonchev–Trinajstić information content (AvgIpc) is 2.17. The van der Waals surface area contributed by atoms with E-state index in [1.807, 2.05) is 20.8 Å². The maximum Gasteiger partial charge on any atom is 0.239 e. The summed E-state index contributed by atoms with van der Waals surface area (Å²) in [6.45, 7) is 5.61. The zero-order valence-electron chi connectivity index (χ0n) is 10.1. The predicted octanol–water partition coefficient (Wildman–Crippen LogP) is 2.29. The first kappa shape index (κ1) is 13.4. The molecule has 0 fully saturated rings. The van der Waals surface area contributed by atoms with Crippen LogP contribution in [0.3, 0.4) is 0 Å². The molecule has 0 aliphatic rings. The molecule has 0 saturated carbocycles. The van der Waals surface area contributed by atoms with Crippen LogP contribution in [0.25, 0.3) is 0 Å². The number of amides is 1. The van der Waals surface area contributed by atoms with Crippen molar-refractivity contribution in [1.29, 1.82) is 0 Å². The van der Waals surface area contributed by atoms with Crippen LogP contribution in [-0.2, 0) is 4.79 Å². The van der Waals surface area contributed by atoms with Gasteiger partial charge in [0.05, 0.1) is 6.54 Å². The maximum absolute atomic E-state index is 12.9. The molecule has 94 valence electrons. The number of carbonyl (C=O) groups is 1. The maximum atomic E-state index is 12.9. The monoisotopic (exact) mass is 242 g/mol. The van der Waals surface area contributed by atoms with Crippen LogP contribution in [0.5, 0.6) is 0 Å². The highest BCUT2D eigenvalue weighted by Gasteiger charge is 2.13. The Morgan fingerprint density at radius 3 is 2.41 bits per heavy atom. The quantitative estimate of drug-likeness (QED) is 0.853. The van der Waals surface area contributed by atoms with Gasteiger partial charge in [0.15, 0.2) is 11.6 Å². The van der Waals surface area contributed by atoms with Crippen LogP contribution < -0.4 is 10.6 Å². The molecule has 0 atom stereocenters. The molecule has 0 bridgehead atoms. The third-order valence-corrected chi connectivity index (χ3v) is 1.89. The number of anilines is 1. The Labute approximate surface area is 99.2 Å². The SMILES string of the molecule is CC(C)(C)NC(=O)CNc1ccc(F)c(F)c1. The predicted molar refractivity (Wildman–Crippen MR) is 62.7 cm³/mol. The van der Waals surface area contributed by atoms with Crippen molar-refractivity contribution in [2.45, 2.75) is 26.3 Å². The summed E-state index contributed by atoms with van der Waals surface area (Å²) in [4.78, 5) is 11.4. The van der Waals surface area contributed by atoms with Crippen molar-refractivity contribution in [3.8, 4) is 0 Å². The summed E-state index contributed by atoms with van der Waals surface area (Å²) in [5.74, 6) is -2.05.